The summed E-state index contributed by atoms with van der Waals surface area (Å²) in [5, 5.41) is 11.0. The molecule has 0 aliphatic heterocycles. The number of thiophene rings is 1. The van der Waals surface area contributed by atoms with E-state index in [-0.39, 0.29) is 17.5 Å². The van der Waals surface area contributed by atoms with E-state index in [4.69, 9.17) is 11.6 Å². The Morgan fingerprint density at radius 1 is 0.967 bits per heavy atom. The van der Waals surface area contributed by atoms with Crippen molar-refractivity contribution in [2.24, 2.45) is 0 Å². The van der Waals surface area contributed by atoms with Crippen molar-refractivity contribution in [1.29, 1.82) is 0 Å². The number of benzene rings is 2. The fourth-order valence-electron chi connectivity index (χ4n) is 3.95. The number of carboxylic acids is 1. The van der Waals surface area contributed by atoms with Crippen molar-refractivity contribution in [3.63, 3.8) is 0 Å². The maximum absolute atomic E-state index is 13.6. The lowest BCUT2D eigenvalue weighted by molar-refractivity contribution is 0.0698. The molecule has 1 aliphatic carbocycles. The van der Waals surface area contributed by atoms with Gasteiger partial charge >= 0.3 is 5.97 Å². The zero-order chi connectivity index (χ0) is 21.1. The molecule has 0 saturated heterocycles. The maximum atomic E-state index is 13.6. The smallest absolute Gasteiger partial charge is 0.338 e. The summed E-state index contributed by atoms with van der Waals surface area (Å²) >= 11 is 7.37. The predicted molar refractivity (Wildman–Crippen MR) is 122 cm³/mol. The summed E-state index contributed by atoms with van der Waals surface area (Å²) < 4.78 is 0. The molecule has 2 aromatic carbocycles. The fraction of sp³-hybridized carbons (Fsp3) is 0.250. The number of anilines is 1. The summed E-state index contributed by atoms with van der Waals surface area (Å²) in [6.45, 7) is 0. The molecule has 1 aliphatic rings. The Balaban J connectivity index is 1.81. The third-order valence-electron chi connectivity index (χ3n) is 5.47. The minimum Gasteiger partial charge on any atom is -0.478 e. The summed E-state index contributed by atoms with van der Waals surface area (Å²) in [6.07, 6.45) is 4.96. The van der Waals surface area contributed by atoms with E-state index in [1.54, 1.807) is 35.2 Å². The van der Waals surface area contributed by atoms with Gasteiger partial charge in [0.2, 0.25) is 0 Å². The average molecular weight is 440 g/mol. The van der Waals surface area contributed by atoms with Crippen LogP contribution in [0.3, 0.4) is 0 Å². The minimum absolute atomic E-state index is 0.0118. The number of carbonyl (C=O) groups excluding carboxylic acids is 1. The van der Waals surface area contributed by atoms with Gasteiger partial charge in [0.15, 0.2) is 0 Å². The first-order valence-electron chi connectivity index (χ1n) is 10.1. The van der Waals surface area contributed by atoms with E-state index in [9.17, 15) is 14.7 Å². The number of aromatic carboxylic acids is 1. The second-order valence-corrected chi connectivity index (χ2v) is 8.94. The first-order valence-corrected chi connectivity index (χ1v) is 11.3. The zero-order valence-electron chi connectivity index (χ0n) is 16.4. The number of hydrogen-bond acceptors (Lipinski definition) is 3. The molecule has 1 aromatic heterocycles. The highest BCUT2D eigenvalue weighted by molar-refractivity contribution is 7.20. The predicted octanol–water partition coefficient (Wildman–Crippen LogP) is 6.75. The van der Waals surface area contributed by atoms with Gasteiger partial charge in [0, 0.05) is 21.5 Å². The molecule has 0 radical (unpaired) electrons. The second-order valence-electron chi connectivity index (χ2n) is 7.47. The van der Waals surface area contributed by atoms with Crippen LogP contribution in [0, 0.1) is 0 Å². The van der Waals surface area contributed by atoms with Gasteiger partial charge in [0.1, 0.15) is 5.00 Å². The highest BCUT2D eigenvalue weighted by Crippen LogP contribution is 2.41. The Labute approximate surface area is 184 Å². The number of rotatable bonds is 5. The van der Waals surface area contributed by atoms with Gasteiger partial charge in [0.05, 0.1) is 5.56 Å². The molecule has 1 N–H and O–H groups in total. The van der Waals surface area contributed by atoms with Crippen LogP contribution in [0.1, 0.15) is 52.8 Å². The molecule has 30 heavy (non-hydrogen) atoms. The molecule has 3 aromatic rings. The number of amides is 1. The van der Waals surface area contributed by atoms with Crippen LogP contribution in [0.15, 0.2) is 60.7 Å². The third-order valence-corrected chi connectivity index (χ3v) is 6.91. The Kier molecular flexibility index (Phi) is 6.21. The van der Waals surface area contributed by atoms with E-state index >= 15 is 0 Å². The van der Waals surface area contributed by atoms with Crippen LogP contribution in [-0.4, -0.2) is 23.0 Å². The monoisotopic (exact) mass is 439 g/mol. The number of hydrogen-bond donors (Lipinski definition) is 1. The normalized spacial score (nSPS) is 14.4. The number of carboxylic acid groups (broad SMARTS) is 1. The van der Waals surface area contributed by atoms with Crippen molar-refractivity contribution in [1.82, 2.24) is 0 Å². The van der Waals surface area contributed by atoms with Crippen LogP contribution in [0.4, 0.5) is 5.00 Å². The van der Waals surface area contributed by atoms with Crippen molar-refractivity contribution in [3.8, 4) is 10.4 Å². The van der Waals surface area contributed by atoms with Gasteiger partial charge in [-0.1, -0.05) is 61.2 Å². The Morgan fingerprint density at radius 3 is 2.27 bits per heavy atom. The van der Waals surface area contributed by atoms with Crippen molar-refractivity contribution >= 4 is 39.8 Å². The van der Waals surface area contributed by atoms with Crippen LogP contribution in [0.2, 0.25) is 5.02 Å². The lowest BCUT2D eigenvalue weighted by atomic mass is 9.93. The van der Waals surface area contributed by atoms with Gasteiger partial charge < -0.3 is 5.11 Å². The first-order chi connectivity index (χ1) is 14.5. The van der Waals surface area contributed by atoms with Crippen LogP contribution in [0.25, 0.3) is 10.4 Å². The molecule has 1 amide bonds. The summed E-state index contributed by atoms with van der Waals surface area (Å²) in [6, 6.07) is 18.1. The molecule has 1 fully saturated rings. The lowest BCUT2D eigenvalue weighted by Crippen LogP contribution is -2.42. The highest BCUT2D eigenvalue weighted by Gasteiger charge is 2.32. The van der Waals surface area contributed by atoms with Gasteiger partial charge in [-0.2, -0.15) is 0 Å². The van der Waals surface area contributed by atoms with Gasteiger partial charge in [-0.25, -0.2) is 4.79 Å². The van der Waals surface area contributed by atoms with Crippen LogP contribution in [-0.2, 0) is 0 Å². The SMILES string of the molecule is O=C(O)c1cc(-c2ccccc2)sc1N(C(=O)c1ccc(Cl)cc1)C1CCCCC1. The van der Waals surface area contributed by atoms with E-state index < -0.39 is 5.97 Å². The molecule has 0 atom stereocenters. The summed E-state index contributed by atoms with van der Waals surface area (Å²) in [5.74, 6) is -1.20. The number of halogens is 1. The molecule has 4 nitrogen and oxygen atoms in total. The molecule has 0 unspecified atom stereocenters. The van der Waals surface area contributed by atoms with Crippen molar-refractivity contribution in [2.75, 3.05) is 4.90 Å². The van der Waals surface area contributed by atoms with Crippen LogP contribution in [0.5, 0.6) is 0 Å². The lowest BCUT2D eigenvalue weighted by Gasteiger charge is -2.34. The summed E-state index contributed by atoms with van der Waals surface area (Å²) in [5.41, 5.74) is 1.63. The minimum atomic E-state index is -1.02. The fourth-order valence-corrected chi connectivity index (χ4v) is 5.30. The molecule has 154 valence electrons. The Morgan fingerprint density at radius 2 is 1.63 bits per heavy atom. The van der Waals surface area contributed by atoms with E-state index in [1.165, 1.54) is 11.3 Å². The molecule has 0 bridgehead atoms. The Bertz CT molecular complexity index is 1040. The first kappa shape index (κ1) is 20.6. The largest absolute Gasteiger partial charge is 0.478 e. The van der Waals surface area contributed by atoms with E-state index in [0.717, 1.165) is 42.5 Å². The average Bonchev–Trinajstić information content (AvgIpc) is 3.21. The number of carbonyl (C=O) groups is 2. The zero-order valence-corrected chi connectivity index (χ0v) is 18.0. The van der Waals surface area contributed by atoms with Crippen molar-refractivity contribution in [2.45, 2.75) is 38.1 Å². The molecule has 1 saturated carbocycles. The third kappa shape index (κ3) is 4.27. The van der Waals surface area contributed by atoms with Gasteiger partial charge in [-0.05, 0) is 48.7 Å². The van der Waals surface area contributed by atoms with E-state index in [1.807, 2.05) is 30.3 Å². The van der Waals surface area contributed by atoms with Gasteiger partial charge in [-0.15, -0.1) is 11.3 Å². The number of nitrogens with zero attached hydrogens (tertiary/aromatic N) is 1. The van der Waals surface area contributed by atoms with E-state index in [2.05, 4.69) is 0 Å². The van der Waals surface area contributed by atoms with Crippen LogP contribution >= 0.6 is 22.9 Å². The topological polar surface area (TPSA) is 57.6 Å². The maximum Gasteiger partial charge on any atom is 0.338 e. The molecule has 1 heterocycles. The summed E-state index contributed by atoms with van der Waals surface area (Å²) in [7, 11) is 0. The molecular weight excluding hydrogens is 418 g/mol. The van der Waals surface area contributed by atoms with Crippen LogP contribution < -0.4 is 4.90 Å². The van der Waals surface area contributed by atoms with Gasteiger partial charge in [0.25, 0.3) is 5.91 Å². The second kappa shape index (κ2) is 9.02. The highest BCUT2D eigenvalue weighted by atomic mass is 35.5. The molecule has 4 rings (SSSR count). The Hall–Kier alpha value is -2.63. The van der Waals surface area contributed by atoms with E-state index in [0.29, 0.717) is 15.6 Å². The molecule has 0 spiro atoms. The quantitative estimate of drug-likeness (QED) is 0.478. The standard InChI is InChI=1S/C24H22ClNO3S/c25-18-13-11-17(12-14-18)22(27)26(19-9-5-2-6-10-19)23-20(24(28)29)15-21(30-23)16-7-3-1-4-8-16/h1,3-4,7-8,11-15,19H,2,5-6,9-10H2,(H,28,29). The molecular formula is C24H22ClNO3S. The summed E-state index contributed by atoms with van der Waals surface area (Å²) in [4.78, 5) is 28.2. The van der Waals surface area contributed by atoms with Crippen molar-refractivity contribution < 1.29 is 14.7 Å². The van der Waals surface area contributed by atoms with Gasteiger partial charge in [-0.3, -0.25) is 9.69 Å². The van der Waals surface area contributed by atoms with Crippen molar-refractivity contribution in [3.05, 3.63) is 76.8 Å². The molecule has 6 heteroatoms.